The summed E-state index contributed by atoms with van der Waals surface area (Å²) in [7, 11) is 0. The van der Waals surface area contributed by atoms with Crippen LogP contribution in [0.4, 0.5) is 5.82 Å². The van der Waals surface area contributed by atoms with E-state index in [1.54, 1.807) is 0 Å². The Labute approximate surface area is 116 Å². The van der Waals surface area contributed by atoms with Gasteiger partial charge < -0.3 is 15.6 Å². The molecule has 19 heavy (non-hydrogen) atoms. The zero-order valence-electron chi connectivity index (χ0n) is 12.5. The molecule has 1 saturated carbocycles. The molecule has 0 bridgehead atoms. The molecule has 0 spiro atoms. The Morgan fingerprint density at radius 1 is 1.42 bits per heavy atom. The number of anilines is 1. The molecule has 1 aromatic heterocycles. The van der Waals surface area contributed by atoms with Crippen molar-refractivity contribution in [1.29, 1.82) is 0 Å². The number of imidazole rings is 1. The van der Waals surface area contributed by atoms with Crippen molar-refractivity contribution in [2.75, 3.05) is 12.3 Å². The van der Waals surface area contributed by atoms with Crippen LogP contribution in [0, 0.1) is 5.92 Å². The smallest absolute Gasteiger partial charge is 0.141 e. The van der Waals surface area contributed by atoms with E-state index < -0.39 is 0 Å². The molecule has 1 aliphatic carbocycles. The summed E-state index contributed by atoms with van der Waals surface area (Å²) in [6.45, 7) is 7.71. The van der Waals surface area contributed by atoms with Gasteiger partial charge in [0.05, 0.1) is 11.9 Å². The van der Waals surface area contributed by atoms with Crippen LogP contribution in [-0.2, 0) is 5.54 Å². The van der Waals surface area contributed by atoms with Crippen molar-refractivity contribution in [2.24, 2.45) is 5.92 Å². The molecule has 0 saturated heterocycles. The molecule has 1 atom stereocenters. The number of rotatable bonds is 5. The number of nitrogen functional groups attached to an aromatic ring is 1. The molecule has 1 heterocycles. The Bertz CT molecular complexity index is 391. The molecule has 1 aromatic rings. The van der Waals surface area contributed by atoms with Crippen molar-refractivity contribution in [3.05, 3.63) is 12.5 Å². The number of nitrogens with two attached hydrogens (primary N) is 1. The molecule has 1 fully saturated rings. The summed E-state index contributed by atoms with van der Waals surface area (Å²) in [5.74, 6) is 1.44. The minimum absolute atomic E-state index is 0.00749. The minimum Gasteiger partial charge on any atom is -0.382 e. The first-order chi connectivity index (χ1) is 8.99. The van der Waals surface area contributed by atoms with Crippen molar-refractivity contribution in [1.82, 2.24) is 14.9 Å². The van der Waals surface area contributed by atoms with Crippen LogP contribution in [0.25, 0.3) is 0 Å². The molecule has 4 nitrogen and oxygen atoms in total. The zero-order chi connectivity index (χ0) is 13.9. The third-order valence-electron chi connectivity index (χ3n) is 4.52. The van der Waals surface area contributed by atoms with Crippen LogP contribution in [0.5, 0.6) is 0 Å². The summed E-state index contributed by atoms with van der Waals surface area (Å²) in [5, 5.41) is 3.71. The molecule has 0 amide bonds. The highest BCUT2D eigenvalue weighted by molar-refractivity contribution is 5.23. The van der Waals surface area contributed by atoms with Gasteiger partial charge in [-0.25, -0.2) is 4.98 Å². The van der Waals surface area contributed by atoms with E-state index in [9.17, 15) is 0 Å². The summed E-state index contributed by atoms with van der Waals surface area (Å²) in [5.41, 5.74) is 5.70. The van der Waals surface area contributed by atoms with Gasteiger partial charge in [-0.1, -0.05) is 19.3 Å². The molecule has 1 aliphatic rings. The van der Waals surface area contributed by atoms with Gasteiger partial charge in [-0.05, 0) is 39.5 Å². The maximum absolute atomic E-state index is 5.70. The van der Waals surface area contributed by atoms with Crippen LogP contribution >= 0.6 is 0 Å². The Hall–Kier alpha value is -1.03. The van der Waals surface area contributed by atoms with E-state index in [1.165, 1.54) is 32.1 Å². The topological polar surface area (TPSA) is 55.9 Å². The van der Waals surface area contributed by atoms with Crippen LogP contribution in [0.15, 0.2) is 12.5 Å². The van der Waals surface area contributed by atoms with E-state index in [0.717, 1.165) is 12.5 Å². The van der Waals surface area contributed by atoms with Gasteiger partial charge in [-0.3, -0.25) is 0 Å². The van der Waals surface area contributed by atoms with E-state index >= 15 is 0 Å². The van der Waals surface area contributed by atoms with Crippen molar-refractivity contribution in [3.8, 4) is 0 Å². The summed E-state index contributed by atoms with van der Waals surface area (Å²) >= 11 is 0. The van der Waals surface area contributed by atoms with E-state index in [2.05, 4.69) is 35.6 Å². The Balaban J connectivity index is 1.86. The first-order valence-electron chi connectivity index (χ1n) is 7.52. The highest BCUT2D eigenvalue weighted by Gasteiger charge is 2.24. The Kier molecular flexibility index (Phi) is 4.50. The molecule has 3 N–H and O–H groups in total. The molecule has 4 heteroatoms. The number of nitrogens with zero attached hydrogens (tertiary/aromatic N) is 2. The molecular weight excluding hydrogens is 236 g/mol. The van der Waals surface area contributed by atoms with Crippen LogP contribution < -0.4 is 11.1 Å². The van der Waals surface area contributed by atoms with E-state index in [-0.39, 0.29) is 5.54 Å². The van der Waals surface area contributed by atoms with Crippen LogP contribution in [0.3, 0.4) is 0 Å². The van der Waals surface area contributed by atoms with E-state index in [0.29, 0.717) is 11.9 Å². The SMILES string of the molecule is C[C@@H](NCC(C)(C)n1cnc(N)c1)C1CCCCC1. The minimum atomic E-state index is 0.00749. The Morgan fingerprint density at radius 2 is 2.11 bits per heavy atom. The third-order valence-corrected chi connectivity index (χ3v) is 4.52. The van der Waals surface area contributed by atoms with E-state index in [4.69, 9.17) is 5.73 Å². The van der Waals surface area contributed by atoms with Gasteiger partial charge >= 0.3 is 0 Å². The second kappa shape index (κ2) is 5.95. The third kappa shape index (κ3) is 3.72. The first-order valence-corrected chi connectivity index (χ1v) is 7.52. The van der Waals surface area contributed by atoms with Gasteiger partial charge in [-0.2, -0.15) is 0 Å². The lowest BCUT2D eigenvalue weighted by Crippen LogP contribution is -2.44. The average Bonchev–Trinajstić information content (AvgIpc) is 2.85. The highest BCUT2D eigenvalue weighted by Crippen LogP contribution is 2.26. The summed E-state index contributed by atoms with van der Waals surface area (Å²) < 4.78 is 2.10. The van der Waals surface area contributed by atoms with Crippen LogP contribution in [0.1, 0.15) is 52.9 Å². The van der Waals surface area contributed by atoms with Crippen molar-refractivity contribution >= 4 is 5.82 Å². The average molecular weight is 264 g/mol. The molecule has 108 valence electrons. The quantitative estimate of drug-likeness (QED) is 0.860. The lowest BCUT2D eigenvalue weighted by Gasteiger charge is -2.33. The molecular formula is C15H28N4. The maximum atomic E-state index is 5.70. The van der Waals surface area contributed by atoms with Gasteiger partial charge in [-0.15, -0.1) is 0 Å². The number of nitrogens with one attached hydrogen (secondary N) is 1. The monoisotopic (exact) mass is 264 g/mol. The van der Waals surface area contributed by atoms with Gasteiger partial charge in [0.1, 0.15) is 5.82 Å². The van der Waals surface area contributed by atoms with E-state index in [1.807, 2.05) is 12.5 Å². The lowest BCUT2D eigenvalue weighted by atomic mass is 9.84. The fourth-order valence-electron chi connectivity index (χ4n) is 2.97. The fourth-order valence-corrected chi connectivity index (χ4v) is 2.97. The summed E-state index contributed by atoms with van der Waals surface area (Å²) in [6.07, 6.45) is 10.7. The molecule has 0 aromatic carbocycles. The number of hydrogen-bond acceptors (Lipinski definition) is 3. The van der Waals surface area contributed by atoms with Gasteiger partial charge in [0.25, 0.3) is 0 Å². The lowest BCUT2D eigenvalue weighted by molar-refractivity contribution is 0.247. The van der Waals surface area contributed by atoms with Crippen molar-refractivity contribution in [3.63, 3.8) is 0 Å². The largest absolute Gasteiger partial charge is 0.382 e. The highest BCUT2D eigenvalue weighted by atomic mass is 15.1. The zero-order valence-corrected chi connectivity index (χ0v) is 12.5. The van der Waals surface area contributed by atoms with Gasteiger partial charge in [0.15, 0.2) is 0 Å². The van der Waals surface area contributed by atoms with Crippen molar-refractivity contribution in [2.45, 2.75) is 64.5 Å². The standard InChI is InChI=1S/C15H28N4/c1-12(13-7-5-4-6-8-13)17-10-15(2,3)19-9-14(16)18-11-19/h9,11-13,17H,4-8,10,16H2,1-3H3/t12-/m1/s1. The molecule has 0 aliphatic heterocycles. The summed E-state index contributed by atoms with van der Waals surface area (Å²) in [4.78, 5) is 4.11. The Morgan fingerprint density at radius 3 is 2.68 bits per heavy atom. The first kappa shape index (κ1) is 14.4. The van der Waals surface area contributed by atoms with Crippen LogP contribution in [-0.4, -0.2) is 22.1 Å². The second-order valence-corrected chi connectivity index (χ2v) is 6.59. The number of hydrogen-bond donors (Lipinski definition) is 2. The summed E-state index contributed by atoms with van der Waals surface area (Å²) in [6, 6.07) is 0.598. The van der Waals surface area contributed by atoms with Gasteiger partial charge in [0, 0.05) is 18.8 Å². The second-order valence-electron chi connectivity index (χ2n) is 6.59. The van der Waals surface area contributed by atoms with Crippen molar-refractivity contribution < 1.29 is 0 Å². The van der Waals surface area contributed by atoms with Gasteiger partial charge in [0.2, 0.25) is 0 Å². The molecule has 0 radical (unpaired) electrons. The predicted molar refractivity (Wildman–Crippen MR) is 80.0 cm³/mol. The predicted octanol–water partition coefficient (Wildman–Crippen LogP) is 2.76. The molecule has 2 rings (SSSR count). The molecule has 0 unspecified atom stereocenters. The maximum Gasteiger partial charge on any atom is 0.141 e. The normalized spacial score (nSPS) is 19.5. The number of aromatic nitrogens is 2. The van der Waals surface area contributed by atoms with Crippen LogP contribution in [0.2, 0.25) is 0 Å². The fraction of sp³-hybridized carbons (Fsp3) is 0.800.